The van der Waals surface area contributed by atoms with Crippen molar-refractivity contribution < 1.29 is 5.11 Å². The zero-order valence-corrected chi connectivity index (χ0v) is 10.5. The number of hydrogen-bond acceptors (Lipinski definition) is 1. The topological polar surface area (TPSA) is 20.2 Å². The molecule has 0 aliphatic heterocycles. The van der Waals surface area contributed by atoms with Crippen LogP contribution in [0.1, 0.15) is 48.0 Å². The molecule has 1 heteroatoms. The molecular weight excluding hydrogens is 172 g/mol. The maximum absolute atomic E-state index is 9.89. The summed E-state index contributed by atoms with van der Waals surface area (Å²) in [5.41, 5.74) is -0.503. The molecule has 84 valence electrons. The number of hydrogen-bond donors (Lipinski definition) is 1. The van der Waals surface area contributed by atoms with Gasteiger partial charge in [-0.05, 0) is 49.9 Å². The monoisotopic (exact) mass is 198 g/mol. The van der Waals surface area contributed by atoms with Gasteiger partial charge in [0.2, 0.25) is 0 Å². The molecule has 0 aromatic heterocycles. The van der Waals surface area contributed by atoms with Crippen LogP contribution in [0, 0.1) is 29.6 Å². The molecule has 1 rings (SSSR count). The molecule has 0 spiro atoms. The molecule has 1 aliphatic rings. The second-order valence-electron chi connectivity index (χ2n) is 6.12. The quantitative estimate of drug-likeness (QED) is 0.721. The minimum absolute atomic E-state index is 0.503. The van der Waals surface area contributed by atoms with E-state index in [4.69, 9.17) is 0 Å². The molecule has 4 unspecified atom stereocenters. The van der Waals surface area contributed by atoms with Crippen molar-refractivity contribution in [2.75, 3.05) is 0 Å². The highest BCUT2D eigenvalue weighted by Gasteiger charge is 2.42. The summed E-state index contributed by atoms with van der Waals surface area (Å²) in [7, 11) is 0. The van der Waals surface area contributed by atoms with Gasteiger partial charge in [-0.3, -0.25) is 0 Å². The van der Waals surface area contributed by atoms with Crippen LogP contribution in [0.3, 0.4) is 0 Å². The van der Waals surface area contributed by atoms with Crippen molar-refractivity contribution in [2.24, 2.45) is 29.6 Å². The predicted octanol–water partition coefficient (Wildman–Crippen LogP) is 3.32. The van der Waals surface area contributed by atoms with Crippen molar-refractivity contribution in [3.63, 3.8) is 0 Å². The van der Waals surface area contributed by atoms with Crippen LogP contribution in [0.5, 0.6) is 0 Å². The minimum Gasteiger partial charge on any atom is -0.390 e. The van der Waals surface area contributed by atoms with Crippen LogP contribution >= 0.6 is 0 Å². The Morgan fingerprint density at radius 3 is 1.50 bits per heavy atom. The Hall–Kier alpha value is -0.0400. The second kappa shape index (κ2) is 3.84. The molecule has 1 saturated carbocycles. The Bertz CT molecular complexity index is 178. The van der Waals surface area contributed by atoms with Gasteiger partial charge in [-0.15, -0.1) is 0 Å². The van der Waals surface area contributed by atoms with Crippen molar-refractivity contribution in [3.05, 3.63) is 0 Å². The van der Waals surface area contributed by atoms with Crippen LogP contribution in [0.25, 0.3) is 0 Å². The average molecular weight is 198 g/mol. The average Bonchev–Trinajstić information content (AvgIpc) is 2.20. The molecule has 14 heavy (non-hydrogen) atoms. The van der Waals surface area contributed by atoms with Gasteiger partial charge in [0, 0.05) is 0 Å². The Kier molecular flexibility index (Phi) is 3.30. The molecule has 1 fully saturated rings. The van der Waals surface area contributed by atoms with Gasteiger partial charge in [0.25, 0.3) is 0 Å². The summed E-state index contributed by atoms with van der Waals surface area (Å²) in [5, 5.41) is 9.89. The van der Waals surface area contributed by atoms with Gasteiger partial charge in [0.15, 0.2) is 0 Å². The summed E-state index contributed by atoms with van der Waals surface area (Å²) in [6.07, 6.45) is 0.948. The molecule has 4 atom stereocenters. The van der Waals surface area contributed by atoms with Crippen molar-refractivity contribution in [1.82, 2.24) is 0 Å². The third kappa shape index (κ3) is 2.31. The summed E-state index contributed by atoms with van der Waals surface area (Å²) in [5.74, 6) is 3.81. The molecular formula is C13H26O. The van der Waals surface area contributed by atoms with Gasteiger partial charge in [-0.25, -0.2) is 0 Å². The van der Waals surface area contributed by atoms with E-state index in [2.05, 4.69) is 27.7 Å². The first-order chi connectivity index (χ1) is 6.24. The van der Waals surface area contributed by atoms with E-state index < -0.39 is 5.60 Å². The smallest absolute Gasteiger partial charge is 0.0594 e. The van der Waals surface area contributed by atoms with Gasteiger partial charge < -0.3 is 5.11 Å². The molecule has 1 N–H and O–H groups in total. The molecule has 0 saturated heterocycles. The summed E-state index contributed by atoms with van der Waals surface area (Å²) >= 11 is 0. The lowest BCUT2D eigenvalue weighted by molar-refractivity contribution is 0.0374. The fraction of sp³-hybridized carbons (Fsp3) is 1.00. The first-order valence-corrected chi connectivity index (χ1v) is 5.96. The standard InChI is InChI=1S/C13H26O/c1-8-9(2)11(4)12(10(8)3)7-13(5,6)14/h8-12,14H,7H2,1-6H3. The van der Waals surface area contributed by atoms with Crippen LogP contribution in [-0.2, 0) is 0 Å². The summed E-state index contributed by atoms with van der Waals surface area (Å²) in [6.45, 7) is 13.3. The van der Waals surface area contributed by atoms with Crippen molar-refractivity contribution in [1.29, 1.82) is 0 Å². The first kappa shape index (κ1) is 12.0. The summed E-state index contributed by atoms with van der Waals surface area (Å²) in [4.78, 5) is 0. The zero-order chi connectivity index (χ0) is 11.1. The van der Waals surface area contributed by atoms with Crippen molar-refractivity contribution >= 4 is 0 Å². The third-order valence-electron chi connectivity index (χ3n) is 4.57. The van der Waals surface area contributed by atoms with E-state index in [1.807, 2.05) is 13.8 Å². The van der Waals surface area contributed by atoms with Crippen LogP contribution in [0.15, 0.2) is 0 Å². The molecule has 0 radical (unpaired) electrons. The fourth-order valence-electron chi connectivity index (χ4n) is 3.16. The molecule has 1 nitrogen and oxygen atoms in total. The highest BCUT2D eigenvalue weighted by atomic mass is 16.3. The van der Waals surface area contributed by atoms with Crippen LogP contribution in [0.2, 0.25) is 0 Å². The van der Waals surface area contributed by atoms with Gasteiger partial charge in [0.05, 0.1) is 5.60 Å². The predicted molar refractivity (Wildman–Crippen MR) is 61.1 cm³/mol. The normalized spacial score (nSPS) is 44.4. The lowest BCUT2D eigenvalue weighted by atomic mass is 9.81. The van der Waals surface area contributed by atoms with E-state index in [1.54, 1.807) is 0 Å². The fourth-order valence-corrected chi connectivity index (χ4v) is 3.16. The Morgan fingerprint density at radius 1 is 0.857 bits per heavy atom. The van der Waals surface area contributed by atoms with Gasteiger partial charge >= 0.3 is 0 Å². The van der Waals surface area contributed by atoms with E-state index in [0.29, 0.717) is 5.92 Å². The Morgan fingerprint density at radius 2 is 1.21 bits per heavy atom. The molecule has 0 aromatic carbocycles. The molecule has 1 aliphatic carbocycles. The zero-order valence-electron chi connectivity index (χ0n) is 10.5. The highest BCUT2D eigenvalue weighted by molar-refractivity contribution is 4.91. The van der Waals surface area contributed by atoms with E-state index in [0.717, 1.165) is 30.1 Å². The van der Waals surface area contributed by atoms with E-state index in [9.17, 15) is 5.11 Å². The van der Waals surface area contributed by atoms with Gasteiger partial charge in [-0.2, -0.15) is 0 Å². The van der Waals surface area contributed by atoms with Crippen LogP contribution in [0.4, 0.5) is 0 Å². The van der Waals surface area contributed by atoms with Crippen molar-refractivity contribution in [2.45, 2.75) is 53.6 Å². The SMILES string of the molecule is CC1C(C)C(C)C(CC(C)(C)O)C1C. The second-order valence-corrected chi connectivity index (χ2v) is 6.12. The highest BCUT2D eigenvalue weighted by Crippen LogP contribution is 2.48. The molecule has 0 bridgehead atoms. The number of aliphatic hydroxyl groups is 1. The minimum atomic E-state index is -0.503. The number of rotatable bonds is 2. The van der Waals surface area contributed by atoms with Crippen molar-refractivity contribution in [3.8, 4) is 0 Å². The largest absolute Gasteiger partial charge is 0.390 e. The summed E-state index contributed by atoms with van der Waals surface area (Å²) in [6, 6.07) is 0. The lowest BCUT2D eigenvalue weighted by Gasteiger charge is -2.28. The van der Waals surface area contributed by atoms with Crippen LogP contribution < -0.4 is 0 Å². The maximum atomic E-state index is 9.89. The molecule has 0 aromatic rings. The Balaban J connectivity index is 2.70. The Labute approximate surface area is 88.9 Å². The van der Waals surface area contributed by atoms with Crippen LogP contribution in [-0.4, -0.2) is 10.7 Å². The maximum Gasteiger partial charge on any atom is 0.0594 e. The van der Waals surface area contributed by atoms with E-state index >= 15 is 0 Å². The first-order valence-electron chi connectivity index (χ1n) is 5.96. The molecule has 0 heterocycles. The molecule has 0 amide bonds. The van der Waals surface area contributed by atoms with E-state index in [-0.39, 0.29) is 0 Å². The lowest BCUT2D eigenvalue weighted by Crippen LogP contribution is -2.27. The van der Waals surface area contributed by atoms with Gasteiger partial charge in [0.1, 0.15) is 0 Å². The van der Waals surface area contributed by atoms with Gasteiger partial charge in [-0.1, -0.05) is 27.7 Å². The third-order valence-corrected chi connectivity index (χ3v) is 4.57. The summed E-state index contributed by atoms with van der Waals surface area (Å²) < 4.78 is 0. The van der Waals surface area contributed by atoms with E-state index in [1.165, 1.54) is 0 Å².